The van der Waals surface area contributed by atoms with Crippen LogP contribution >= 0.6 is 0 Å². The lowest BCUT2D eigenvalue weighted by molar-refractivity contribution is -0.160. The molecular formula is C15H19NO4. The number of rotatable bonds is 2. The van der Waals surface area contributed by atoms with Crippen molar-refractivity contribution in [2.45, 2.75) is 44.9 Å². The van der Waals surface area contributed by atoms with E-state index in [2.05, 4.69) is 5.16 Å². The molecular weight excluding hydrogens is 258 g/mol. The van der Waals surface area contributed by atoms with Gasteiger partial charge in [-0.2, -0.15) is 0 Å². The Balaban J connectivity index is 1.73. The molecule has 20 heavy (non-hydrogen) atoms. The first-order valence-electron chi connectivity index (χ1n) is 6.77. The van der Waals surface area contributed by atoms with Crippen LogP contribution in [-0.2, 0) is 14.3 Å². The molecule has 1 aromatic carbocycles. The highest BCUT2D eigenvalue weighted by Crippen LogP contribution is 2.30. The van der Waals surface area contributed by atoms with Gasteiger partial charge in [-0.25, -0.2) is 0 Å². The van der Waals surface area contributed by atoms with Crippen molar-refractivity contribution in [2.24, 2.45) is 5.16 Å². The molecule has 0 saturated carbocycles. The van der Waals surface area contributed by atoms with Gasteiger partial charge in [-0.05, 0) is 20.8 Å². The molecule has 0 radical (unpaired) electrons. The molecule has 1 fully saturated rings. The Labute approximate surface area is 118 Å². The quantitative estimate of drug-likeness (QED) is 0.892. The van der Waals surface area contributed by atoms with Crippen molar-refractivity contribution in [1.82, 2.24) is 0 Å². The number of aryl methyl sites for hydroxylation is 1. The second-order valence-electron chi connectivity index (χ2n) is 5.72. The minimum atomic E-state index is -0.805. The van der Waals surface area contributed by atoms with Crippen LogP contribution in [0.5, 0.6) is 0 Å². The summed E-state index contributed by atoms with van der Waals surface area (Å²) >= 11 is 0. The molecule has 1 N–H and O–H groups in total. The molecule has 108 valence electrons. The molecule has 2 heterocycles. The average Bonchev–Trinajstić information content (AvgIpc) is 2.93. The van der Waals surface area contributed by atoms with Gasteiger partial charge >= 0.3 is 0 Å². The van der Waals surface area contributed by atoms with E-state index >= 15 is 0 Å². The first-order chi connectivity index (χ1) is 9.46. The Morgan fingerprint density at radius 2 is 1.95 bits per heavy atom. The molecule has 2 aliphatic rings. The normalized spacial score (nSPS) is 32.0. The van der Waals surface area contributed by atoms with E-state index in [1.807, 2.05) is 45.0 Å². The third-order valence-electron chi connectivity index (χ3n) is 3.61. The lowest BCUT2D eigenvalue weighted by Crippen LogP contribution is -2.41. The Bertz CT molecular complexity index is 523. The Morgan fingerprint density at radius 3 is 2.55 bits per heavy atom. The van der Waals surface area contributed by atoms with Gasteiger partial charge in [0.25, 0.3) is 0 Å². The van der Waals surface area contributed by atoms with Gasteiger partial charge in [0.05, 0.1) is 6.61 Å². The molecule has 0 bridgehead atoms. The minimum absolute atomic E-state index is 0.313. The highest BCUT2D eigenvalue weighted by atomic mass is 16.8. The summed E-state index contributed by atoms with van der Waals surface area (Å²) < 4.78 is 11.2. The van der Waals surface area contributed by atoms with Crippen LogP contribution in [0.3, 0.4) is 0 Å². The van der Waals surface area contributed by atoms with Gasteiger partial charge in [0.15, 0.2) is 11.9 Å². The number of nitrogens with zero attached hydrogens (tertiary/aromatic N) is 1. The zero-order chi connectivity index (χ0) is 14.3. The van der Waals surface area contributed by atoms with Crippen LogP contribution in [0.1, 0.15) is 25.0 Å². The first kappa shape index (κ1) is 13.5. The maximum absolute atomic E-state index is 10.4. The lowest BCUT2D eigenvalue weighted by Gasteiger charge is -2.21. The molecule has 0 spiro atoms. The standard InChI is InChI=1S/C15H19NO4/c1-9-4-6-10(7-5-9)12-13(17)14(20-16-12)11-8-18-15(2,3)19-11/h4-7,11,13-14,17H,8H2,1-3H3/t11-,13+,14-/m1/s1. The van der Waals surface area contributed by atoms with Crippen LogP contribution in [0, 0.1) is 6.92 Å². The van der Waals surface area contributed by atoms with Gasteiger partial charge in [0.2, 0.25) is 0 Å². The fourth-order valence-corrected chi connectivity index (χ4v) is 2.48. The van der Waals surface area contributed by atoms with Crippen LogP contribution in [0.15, 0.2) is 29.4 Å². The van der Waals surface area contributed by atoms with Gasteiger partial charge < -0.3 is 19.4 Å². The van der Waals surface area contributed by atoms with Gasteiger partial charge in [-0.3, -0.25) is 0 Å². The monoisotopic (exact) mass is 277 g/mol. The van der Waals surface area contributed by atoms with Crippen molar-refractivity contribution in [3.63, 3.8) is 0 Å². The van der Waals surface area contributed by atoms with Crippen LogP contribution < -0.4 is 0 Å². The van der Waals surface area contributed by atoms with Crippen molar-refractivity contribution < 1.29 is 19.4 Å². The maximum atomic E-state index is 10.4. The minimum Gasteiger partial charge on any atom is -0.386 e. The lowest BCUT2D eigenvalue weighted by atomic mass is 9.98. The zero-order valence-corrected chi connectivity index (χ0v) is 11.9. The zero-order valence-electron chi connectivity index (χ0n) is 11.9. The Morgan fingerprint density at radius 1 is 1.25 bits per heavy atom. The first-order valence-corrected chi connectivity index (χ1v) is 6.77. The van der Waals surface area contributed by atoms with E-state index in [1.54, 1.807) is 0 Å². The van der Waals surface area contributed by atoms with E-state index in [1.165, 1.54) is 0 Å². The smallest absolute Gasteiger partial charge is 0.187 e. The summed E-state index contributed by atoms with van der Waals surface area (Å²) in [6, 6.07) is 7.82. The summed E-state index contributed by atoms with van der Waals surface area (Å²) in [5.41, 5.74) is 2.57. The largest absolute Gasteiger partial charge is 0.386 e. The van der Waals surface area contributed by atoms with Gasteiger partial charge in [0.1, 0.15) is 17.9 Å². The molecule has 0 amide bonds. The molecule has 5 heteroatoms. The van der Waals surface area contributed by atoms with Crippen LogP contribution in [-0.4, -0.2) is 41.5 Å². The van der Waals surface area contributed by atoms with Crippen molar-refractivity contribution in [1.29, 1.82) is 0 Å². The second-order valence-corrected chi connectivity index (χ2v) is 5.72. The van der Waals surface area contributed by atoms with Crippen molar-refractivity contribution in [2.75, 3.05) is 6.61 Å². The van der Waals surface area contributed by atoms with E-state index in [4.69, 9.17) is 14.3 Å². The highest BCUT2D eigenvalue weighted by Gasteiger charge is 2.46. The van der Waals surface area contributed by atoms with E-state index in [0.717, 1.165) is 11.1 Å². The van der Waals surface area contributed by atoms with Crippen molar-refractivity contribution in [3.8, 4) is 0 Å². The number of aliphatic hydroxyl groups is 1. The number of oxime groups is 1. The third-order valence-corrected chi connectivity index (χ3v) is 3.61. The van der Waals surface area contributed by atoms with Crippen LogP contribution in [0.4, 0.5) is 0 Å². The molecule has 0 aromatic heterocycles. The summed E-state index contributed by atoms with van der Waals surface area (Å²) in [7, 11) is 0. The number of hydrogen-bond acceptors (Lipinski definition) is 5. The molecule has 0 unspecified atom stereocenters. The number of ether oxygens (including phenoxy) is 2. The molecule has 0 aliphatic carbocycles. The Kier molecular flexibility index (Phi) is 3.28. The van der Waals surface area contributed by atoms with Gasteiger partial charge in [-0.15, -0.1) is 0 Å². The van der Waals surface area contributed by atoms with Gasteiger partial charge in [-0.1, -0.05) is 35.0 Å². The third kappa shape index (κ3) is 2.44. The summed E-state index contributed by atoms with van der Waals surface area (Å²) in [5.74, 6) is -0.639. The topological polar surface area (TPSA) is 60.3 Å². The number of aliphatic hydroxyl groups excluding tert-OH is 1. The molecule has 5 nitrogen and oxygen atoms in total. The summed E-state index contributed by atoms with van der Waals surface area (Å²) in [6.07, 6.45) is -1.64. The van der Waals surface area contributed by atoms with Crippen molar-refractivity contribution in [3.05, 3.63) is 35.4 Å². The Hall–Kier alpha value is -1.43. The van der Waals surface area contributed by atoms with E-state index in [9.17, 15) is 5.11 Å². The molecule has 1 aromatic rings. The maximum Gasteiger partial charge on any atom is 0.187 e. The predicted molar refractivity (Wildman–Crippen MR) is 73.5 cm³/mol. The molecule has 3 atom stereocenters. The molecule has 2 aliphatic heterocycles. The fraction of sp³-hybridized carbons (Fsp3) is 0.533. The number of benzene rings is 1. The second kappa shape index (κ2) is 4.84. The van der Waals surface area contributed by atoms with E-state index in [0.29, 0.717) is 12.3 Å². The van der Waals surface area contributed by atoms with Crippen LogP contribution in [0.2, 0.25) is 0 Å². The molecule has 1 saturated heterocycles. The van der Waals surface area contributed by atoms with Crippen molar-refractivity contribution >= 4 is 5.71 Å². The van der Waals surface area contributed by atoms with Crippen LogP contribution in [0.25, 0.3) is 0 Å². The fourth-order valence-electron chi connectivity index (χ4n) is 2.48. The number of hydrogen-bond donors (Lipinski definition) is 1. The SMILES string of the molecule is Cc1ccc(C2=NO[C@H]([C@H]3COC(C)(C)O3)[C@H]2O)cc1. The molecule has 3 rings (SSSR count). The summed E-state index contributed by atoms with van der Waals surface area (Å²) in [5, 5.41) is 14.4. The average molecular weight is 277 g/mol. The summed E-state index contributed by atoms with van der Waals surface area (Å²) in [6.45, 7) is 6.10. The van der Waals surface area contributed by atoms with E-state index < -0.39 is 18.0 Å². The summed E-state index contributed by atoms with van der Waals surface area (Å²) in [4.78, 5) is 5.37. The van der Waals surface area contributed by atoms with E-state index in [-0.39, 0.29) is 6.10 Å². The highest BCUT2D eigenvalue weighted by molar-refractivity contribution is 6.04. The predicted octanol–water partition coefficient (Wildman–Crippen LogP) is 1.61. The van der Waals surface area contributed by atoms with Gasteiger partial charge in [0, 0.05) is 5.56 Å².